The molecule has 0 aliphatic heterocycles. The zero-order valence-electron chi connectivity index (χ0n) is 16.2. The highest BCUT2D eigenvalue weighted by molar-refractivity contribution is 7.89. The highest BCUT2D eigenvalue weighted by atomic mass is 35.5. The summed E-state index contributed by atoms with van der Waals surface area (Å²) in [6.45, 7) is -0.269. The van der Waals surface area contributed by atoms with Crippen molar-refractivity contribution in [3.8, 4) is 0 Å². The van der Waals surface area contributed by atoms with Crippen LogP contribution in [0.4, 0.5) is 0 Å². The van der Waals surface area contributed by atoms with Crippen LogP contribution in [0.25, 0.3) is 0 Å². The number of amides is 1. The summed E-state index contributed by atoms with van der Waals surface area (Å²) < 4.78 is 28.1. The molecule has 1 amide bonds. The molecular weight excluding hydrogens is 440 g/mol. The zero-order valence-corrected chi connectivity index (χ0v) is 17.8. The first kappa shape index (κ1) is 22.5. The van der Waals surface area contributed by atoms with Crippen LogP contribution >= 0.6 is 11.6 Å². The summed E-state index contributed by atoms with van der Waals surface area (Å²) >= 11 is 5.89. The number of halogens is 1. The predicted octanol–water partition coefficient (Wildman–Crippen LogP) is 3.46. The Morgan fingerprint density at radius 2 is 1.61 bits per heavy atom. The van der Waals surface area contributed by atoms with Gasteiger partial charge in [0.1, 0.15) is 6.04 Å². The number of benzene rings is 3. The summed E-state index contributed by atoms with van der Waals surface area (Å²) in [6.07, 6.45) is 0. The molecule has 0 heterocycles. The van der Waals surface area contributed by atoms with Crippen molar-refractivity contribution in [2.45, 2.75) is 17.5 Å². The van der Waals surface area contributed by atoms with Crippen LogP contribution in [0.5, 0.6) is 0 Å². The lowest BCUT2D eigenvalue weighted by atomic mass is 10.1. The summed E-state index contributed by atoms with van der Waals surface area (Å²) in [5.41, 5.74) is 6.42. The summed E-state index contributed by atoms with van der Waals surface area (Å²) in [6, 6.07) is 18.3. The number of carbonyl (C=O) groups is 2. The molecule has 7 nitrogen and oxygen atoms in total. The van der Waals surface area contributed by atoms with E-state index in [-0.39, 0.29) is 17.0 Å². The summed E-state index contributed by atoms with van der Waals surface area (Å²) in [4.78, 5) is 23.7. The summed E-state index contributed by atoms with van der Waals surface area (Å²) in [5, 5.41) is 9.62. The van der Waals surface area contributed by atoms with Crippen LogP contribution in [-0.2, 0) is 21.4 Å². The van der Waals surface area contributed by atoms with E-state index in [0.717, 1.165) is 4.31 Å². The Bertz CT molecular complexity index is 1200. The second-order valence-corrected chi connectivity index (χ2v) is 9.05. The van der Waals surface area contributed by atoms with Crippen LogP contribution in [0.3, 0.4) is 0 Å². The van der Waals surface area contributed by atoms with E-state index in [0.29, 0.717) is 16.1 Å². The van der Waals surface area contributed by atoms with E-state index in [1.165, 1.54) is 42.5 Å². The molecule has 3 aromatic carbocycles. The number of carboxylic acid groups (broad SMARTS) is 1. The number of nitrogens with zero attached hydrogens (tertiary/aromatic N) is 1. The molecule has 31 heavy (non-hydrogen) atoms. The Labute approximate surface area is 184 Å². The maximum absolute atomic E-state index is 13.5. The van der Waals surface area contributed by atoms with Crippen LogP contribution in [0, 0.1) is 0 Å². The number of primary amides is 1. The molecule has 0 radical (unpaired) electrons. The molecule has 0 fully saturated rings. The van der Waals surface area contributed by atoms with Gasteiger partial charge in [-0.25, -0.2) is 13.2 Å². The molecule has 1 atom stereocenters. The van der Waals surface area contributed by atoms with Gasteiger partial charge in [-0.2, -0.15) is 4.31 Å². The minimum Gasteiger partial charge on any atom is -0.478 e. The monoisotopic (exact) mass is 458 g/mol. The third kappa shape index (κ3) is 5.11. The SMILES string of the molecule is NC(=O)[C@@H](c1ccccc1)N(Cc1cccc(C(=O)O)c1)S(=O)(=O)c1ccc(Cl)cc1. The van der Waals surface area contributed by atoms with Gasteiger partial charge in [0.25, 0.3) is 0 Å². The van der Waals surface area contributed by atoms with Gasteiger partial charge in [-0.3, -0.25) is 4.79 Å². The standard InChI is InChI=1S/C22H19ClN2O5S/c23-18-9-11-19(12-10-18)31(29,30)25(14-15-5-4-8-17(13-15)22(27)28)20(21(24)26)16-6-2-1-3-7-16/h1-13,20H,14H2,(H2,24,26)(H,27,28)/t20-/m1/s1. The fourth-order valence-electron chi connectivity index (χ4n) is 3.15. The average molecular weight is 459 g/mol. The largest absolute Gasteiger partial charge is 0.478 e. The van der Waals surface area contributed by atoms with Crippen LogP contribution < -0.4 is 5.73 Å². The van der Waals surface area contributed by atoms with Crippen molar-refractivity contribution in [3.05, 3.63) is 101 Å². The molecule has 0 spiro atoms. The van der Waals surface area contributed by atoms with Gasteiger partial charge < -0.3 is 10.8 Å². The summed E-state index contributed by atoms with van der Waals surface area (Å²) in [5.74, 6) is -2.01. The van der Waals surface area contributed by atoms with Crippen LogP contribution in [0.15, 0.2) is 83.8 Å². The topological polar surface area (TPSA) is 118 Å². The molecule has 0 saturated heterocycles. The fourth-order valence-corrected chi connectivity index (χ4v) is 4.85. The minimum absolute atomic E-state index is 0.00308. The van der Waals surface area contributed by atoms with Gasteiger partial charge in [0.05, 0.1) is 10.5 Å². The minimum atomic E-state index is -4.22. The van der Waals surface area contributed by atoms with Gasteiger partial charge in [-0.05, 0) is 47.5 Å². The third-order valence-electron chi connectivity index (χ3n) is 4.61. The second-order valence-electron chi connectivity index (χ2n) is 6.73. The van der Waals surface area contributed by atoms with Crippen LogP contribution in [0.2, 0.25) is 5.02 Å². The van der Waals surface area contributed by atoms with E-state index in [1.54, 1.807) is 36.4 Å². The Morgan fingerprint density at radius 3 is 2.19 bits per heavy atom. The molecule has 9 heteroatoms. The zero-order chi connectivity index (χ0) is 22.6. The maximum Gasteiger partial charge on any atom is 0.335 e. The lowest BCUT2D eigenvalue weighted by Crippen LogP contribution is -2.41. The molecule has 3 rings (SSSR count). The van der Waals surface area contributed by atoms with E-state index in [9.17, 15) is 23.1 Å². The molecule has 3 aromatic rings. The quantitative estimate of drug-likeness (QED) is 0.536. The Hall–Kier alpha value is -3.20. The number of rotatable bonds is 8. The number of hydrogen-bond acceptors (Lipinski definition) is 4. The van der Waals surface area contributed by atoms with Crippen LogP contribution in [0.1, 0.15) is 27.5 Å². The number of carboxylic acids is 1. The van der Waals surface area contributed by atoms with E-state index in [4.69, 9.17) is 17.3 Å². The smallest absolute Gasteiger partial charge is 0.335 e. The van der Waals surface area contributed by atoms with Crippen molar-refractivity contribution in [1.82, 2.24) is 4.31 Å². The van der Waals surface area contributed by atoms with Crippen molar-refractivity contribution < 1.29 is 23.1 Å². The fraction of sp³-hybridized carbons (Fsp3) is 0.0909. The second kappa shape index (κ2) is 9.30. The highest BCUT2D eigenvalue weighted by Crippen LogP contribution is 2.30. The van der Waals surface area contributed by atoms with Crippen molar-refractivity contribution in [3.63, 3.8) is 0 Å². The first-order chi connectivity index (χ1) is 14.7. The molecule has 0 bridgehead atoms. The Balaban J connectivity index is 2.15. The highest BCUT2D eigenvalue weighted by Gasteiger charge is 2.36. The molecule has 0 aliphatic rings. The van der Waals surface area contributed by atoms with Crippen molar-refractivity contribution in [1.29, 1.82) is 0 Å². The Morgan fingerprint density at radius 1 is 0.968 bits per heavy atom. The maximum atomic E-state index is 13.5. The van der Waals surface area contributed by atoms with Gasteiger partial charge in [-0.1, -0.05) is 54.1 Å². The van der Waals surface area contributed by atoms with Gasteiger partial charge in [-0.15, -0.1) is 0 Å². The first-order valence-corrected chi connectivity index (χ1v) is 11.0. The molecule has 0 aliphatic carbocycles. The average Bonchev–Trinajstić information content (AvgIpc) is 2.74. The normalized spacial score (nSPS) is 12.5. The predicted molar refractivity (Wildman–Crippen MR) is 116 cm³/mol. The molecule has 160 valence electrons. The van der Waals surface area contributed by atoms with Gasteiger partial charge >= 0.3 is 5.97 Å². The van der Waals surface area contributed by atoms with Crippen molar-refractivity contribution in [2.24, 2.45) is 5.73 Å². The van der Waals surface area contributed by atoms with Crippen molar-refractivity contribution in [2.75, 3.05) is 0 Å². The lowest BCUT2D eigenvalue weighted by molar-refractivity contribution is -0.122. The molecule has 0 aromatic heterocycles. The van der Waals surface area contributed by atoms with E-state index < -0.39 is 27.9 Å². The van der Waals surface area contributed by atoms with E-state index >= 15 is 0 Å². The Kier molecular flexibility index (Phi) is 6.74. The van der Waals surface area contributed by atoms with Gasteiger partial charge in [0.2, 0.25) is 15.9 Å². The van der Waals surface area contributed by atoms with Crippen LogP contribution in [-0.4, -0.2) is 29.7 Å². The number of aromatic carboxylic acids is 1. The molecule has 3 N–H and O–H groups in total. The number of hydrogen-bond donors (Lipinski definition) is 2. The molecular formula is C22H19ClN2O5S. The molecule has 0 unspecified atom stereocenters. The lowest BCUT2D eigenvalue weighted by Gasteiger charge is -2.29. The number of sulfonamides is 1. The summed E-state index contributed by atoms with van der Waals surface area (Å²) in [7, 11) is -4.22. The third-order valence-corrected chi connectivity index (χ3v) is 6.68. The van der Waals surface area contributed by atoms with Gasteiger partial charge in [0, 0.05) is 11.6 Å². The number of nitrogens with two attached hydrogens (primary N) is 1. The number of carbonyl (C=O) groups excluding carboxylic acids is 1. The molecule has 0 saturated carbocycles. The van der Waals surface area contributed by atoms with Crippen molar-refractivity contribution >= 4 is 33.5 Å². The first-order valence-electron chi connectivity index (χ1n) is 9.14. The van der Waals surface area contributed by atoms with E-state index in [2.05, 4.69) is 0 Å². The van der Waals surface area contributed by atoms with Gasteiger partial charge in [0.15, 0.2) is 0 Å². The van der Waals surface area contributed by atoms with E-state index in [1.807, 2.05) is 0 Å².